The van der Waals surface area contributed by atoms with Crippen molar-refractivity contribution in [2.75, 3.05) is 6.61 Å². The molecule has 0 aromatic heterocycles. The number of amides is 1. The first-order valence-corrected chi connectivity index (χ1v) is 9.79. The molecule has 0 unspecified atom stereocenters. The minimum absolute atomic E-state index is 0.0169. The molecule has 1 fully saturated rings. The Bertz CT molecular complexity index is 919. The number of hydrogen-bond acceptors (Lipinski definition) is 11. The van der Waals surface area contributed by atoms with Gasteiger partial charge in [0.2, 0.25) is 12.2 Å². The molecular weight excluding hydrogens is 444 g/mol. The second-order valence-corrected chi connectivity index (χ2v) is 7.09. The summed E-state index contributed by atoms with van der Waals surface area (Å²) >= 11 is 0. The average Bonchev–Trinajstić information content (AvgIpc) is 2.70. The van der Waals surface area contributed by atoms with Crippen LogP contribution in [0.25, 0.3) is 0 Å². The summed E-state index contributed by atoms with van der Waals surface area (Å²) in [5, 5.41) is 13.6. The van der Waals surface area contributed by atoms with E-state index in [9.17, 15) is 29.3 Å². The van der Waals surface area contributed by atoms with Gasteiger partial charge in [0.15, 0.2) is 12.2 Å². The maximum absolute atomic E-state index is 11.9. The molecule has 1 aliphatic rings. The van der Waals surface area contributed by atoms with Gasteiger partial charge in [-0.25, -0.2) is 0 Å². The quantitative estimate of drug-likeness (QED) is 0.246. The zero-order chi connectivity index (χ0) is 24.7. The Morgan fingerprint density at radius 3 is 2.21 bits per heavy atom. The Hall–Kier alpha value is -3.74. The molecule has 1 aromatic rings. The molecule has 1 saturated heterocycles. The number of non-ortho nitro benzene ring substituents is 1. The molecule has 5 atom stereocenters. The van der Waals surface area contributed by atoms with Gasteiger partial charge in [0.25, 0.3) is 5.69 Å². The molecule has 1 heterocycles. The van der Waals surface area contributed by atoms with Crippen molar-refractivity contribution in [2.45, 2.75) is 58.3 Å². The van der Waals surface area contributed by atoms with Gasteiger partial charge in [-0.05, 0) is 6.07 Å². The van der Waals surface area contributed by atoms with E-state index < -0.39 is 66.0 Å². The lowest BCUT2D eigenvalue weighted by molar-refractivity contribution is -0.385. The summed E-state index contributed by atoms with van der Waals surface area (Å²) in [5.41, 5.74) is -0.259. The van der Waals surface area contributed by atoms with Crippen LogP contribution in [0.1, 0.15) is 27.7 Å². The van der Waals surface area contributed by atoms with Crippen LogP contribution in [0.15, 0.2) is 24.3 Å². The van der Waals surface area contributed by atoms with E-state index in [1.165, 1.54) is 25.1 Å². The van der Waals surface area contributed by atoms with Crippen molar-refractivity contribution < 1.29 is 47.8 Å². The van der Waals surface area contributed by atoms with Crippen molar-refractivity contribution in [1.29, 1.82) is 0 Å². The van der Waals surface area contributed by atoms with Crippen LogP contribution in [0.3, 0.4) is 0 Å². The Labute approximate surface area is 188 Å². The number of ether oxygens (including phenoxy) is 5. The largest absolute Gasteiger partial charge is 0.463 e. The summed E-state index contributed by atoms with van der Waals surface area (Å²) in [7, 11) is 0. The van der Waals surface area contributed by atoms with Gasteiger partial charge in [0.05, 0.1) is 11.0 Å². The second-order valence-electron chi connectivity index (χ2n) is 7.09. The minimum Gasteiger partial charge on any atom is -0.463 e. The van der Waals surface area contributed by atoms with Gasteiger partial charge in [0.1, 0.15) is 24.5 Å². The van der Waals surface area contributed by atoms with Gasteiger partial charge in [-0.15, -0.1) is 0 Å². The molecule has 0 saturated carbocycles. The lowest BCUT2D eigenvalue weighted by atomic mass is 9.96. The summed E-state index contributed by atoms with van der Waals surface area (Å²) in [6, 6.07) is 3.99. The van der Waals surface area contributed by atoms with Crippen LogP contribution in [-0.4, -0.2) is 66.0 Å². The van der Waals surface area contributed by atoms with Crippen LogP contribution in [0.4, 0.5) is 5.69 Å². The van der Waals surface area contributed by atoms with Crippen LogP contribution in [-0.2, 0) is 38.1 Å². The molecule has 0 spiro atoms. The van der Waals surface area contributed by atoms with E-state index in [-0.39, 0.29) is 11.4 Å². The normalized spacial score (nSPS) is 24.2. The van der Waals surface area contributed by atoms with Gasteiger partial charge in [-0.1, -0.05) is 6.07 Å². The van der Waals surface area contributed by atoms with Crippen LogP contribution >= 0.6 is 0 Å². The first-order valence-electron chi connectivity index (χ1n) is 9.79. The van der Waals surface area contributed by atoms with E-state index in [0.717, 1.165) is 26.8 Å². The molecule has 1 aromatic carbocycles. The number of carbonyl (C=O) groups is 4. The summed E-state index contributed by atoms with van der Waals surface area (Å²) in [4.78, 5) is 57.2. The molecule has 13 heteroatoms. The third-order valence-corrected chi connectivity index (χ3v) is 4.35. The number of rotatable bonds is 8. The number of benzene rings is 1. The van der Waals surface area contributed by atoms with Gasteiger partial charge in [0, 0.05) is 33.8 Å². The van der Waals surface area contributed by atoms with Crippen molar-refractivity contribution in [3.05, 3.63) is 34.4 Å². The molecule has 33 heavy (non-hydrogen) atoms. The number of hydrogen-bond donors (Lipinski definition) is 1. The number of esters is 3. The van der Waals surface area contributed by atoms with Crippen molar-refractivity contribution in [3.63, 3.8) is 0 Å². The van der Waals surface area contributed by atoms with Crippen molar-refractivity contribution in [1.82, 2.24) is 5.32 Å². The molecule has 0 aliphatic carbocycles. The maximum Gasteiger partial charge on any atom is 0.303 e. The number of nitro benzene ring substituents is 1. The van der Waals surface area contributed by atoms with E-state index in [1.807, 2.05) is 0 Å². The van der Waals surface area contributed by atoms with Crippen LogP contribution in [0.2, 0.25) is 0 Å². The Morgan fingerprint density at radius 2 is 1.67 bits per heavy atom. The monoisotopic (exact) mass is 468 g/mol. The molecule has 1 aliphatic heterocycles. The van der Waals surface area contributed by atoms with Crippen LogP contribution in [0, 0.1) is 10.1 Å². The fraction of sp³-hybridized carbons (Fsp3) is 0.500. The number of nitro groups is 1. The molecule has 1 amide bonds. The topological polar surface area (TPSA) is 170 Å². The summed E-state index contributed by atoms with van der Waals surface area (Å²) in [6.07, 6.45) is -5.09. The third kappa shape index (κ3) is 7.42. The van der Waals surface area contributed by atoms with Crippen molar-refractivity contribution >= 4 is 29.5 Å². The fourth-order valence-corrected chi connectivity index (χ4v) is 3.20. The molecule has 180 valence electrons. The SMILES string of the molecule is CC(=O)N[C@@H]1[C@H](Oc2cccc([N+](=O)[O-])c2)O[C@H](COC(C)=O)[C@H](OC(C)=O)[C@H]1OC(C)=O. The number of nitrogens with zero attached hydrogens (tertiary/aromatic N) is 1. The van der Waals surface area contributed by atoms with Gasteiger partial charge >= 0.3 is 17.9 Å². The number of carbonyl (C=O) groups excluding carboxylic acids is 4. The van der Waals surface area contributed by atoms with E-state index in [1.54, 1.807) is 0 Å². The molecule has 0 radical (unpaired) electrons. The highest BCUT2D eigenvalue weighted by Crippen LogP contribution is 2.30. The van der Waals surface area contributed by atoms with Crippen molar-refractivity contribution in [2.24, 2.45) is 0 Å². The van der Waals surface area contributed by atoms with Crippen molar-refractivity contribution in [3.8, 4) is 5.75 Å². The van der Waals surface area contributed by atoms with E-state index in [0.29, 0.717) is 0 Å². The lowest BCUT2D eigenvalue weighted by Crippen LogP contribution is -2.67. The molecular formula is C20H24N2O11. The van der Waals surface area contributed by atoms with E-state index in [2.05, 4.69) is 5.32 Å². The highest BCUT2D eigenvalue weighted by atomic mass is 16.7. The second kappa shape index (κ2) is 11.2. The zero-order valence-electron chi connectivity index (χ0n) is 18.3. The molecule has 1 N–H and O–H groups in total. The Morgan fingerprint density at radius 1 is 1.03 bits per heavy atom. The maximum atomic E-state index is 11.9. The first kappa shape index (κ1) is 25.5. The first-order chi connectivity index (χ1) is 15.5. The molecule has 2 rings (SSSR count). The van der Waals surface area contributed by atoms with Gasteiger partial charge in [-0.2, -0.15) is 0 Å². The highest BCUT2D eigenvalue weighted by Gasteiger charge is 2.52. The Kier molecular flexibility index (Phi) is 8.68. The smallest absolute Gasteiger partial charge is 0.303 e. The fourth-order valence-electron chi connectivity index (χ4n) is 3.20. The summed E-state index contributed by atoms with van der Waals surface area (Å²) in [5.74, 6) is -2.68. The van der Waals surface area contributed by atoms with Crippen LogP contribution < -0.4 is 10.1 Å². The van der Waals surface area contributed by atoms with E-state index >= 15 is 0 Å². The average molecular weight is 468 g/mol. The third-order valence-electron chi connectivity index (χ3n) is 4.35. The van der Waals surface area contributed by atoms with Gasteiger partial charge in [-0.3, -0.25) is 29.3 Å². The zero-order valence-corrected chi connectivity index (χ0v) is 18.3. The minimum atomic E-state index is -1.37. The van der Waals surface area contributed by atoms with Gasteiger partial charge < -0.3 is 29.0 Å². The standard InChI is InChI=1S/C20H24N2O11/c1-10(23)21-17-19(31-13(4)26)18(30-12(3)25)16(9-29-11(2)24)33-20(17)32-15-7-5-6-14(8-15)22(27)28/h5-8,16-20H,9H2,1-4H3,(H,21,23)/t16-,17+,18+,19+,20-/m1/s1. The van der Waals surface area contributed by atoms with E-state index in [4.69, 9.17) is 23.7 Å². The predicted molar refractivity (Wildman–Crippen MR) is 108 cm³/mol. The lowest BCUT2D eigenvalue weighted by Gasteiger charge is -2.44. The summed E-state index contributed by atoms with van der Waals surface area (Å²) in [6.45, 7) is 4.19. The van der Waals surface area contributed by atoms with Crippen LogP contribution in [0.5, 0.6) is 5.75 Å². The number of nitrogens with one attached hydrogen (secondary N) is 1. The predicted octanol–water partition coefficient (Wildman–Crippen LogP) is 0.630. The Balaban J connectivity index is 2.47. The highest BCUT2D eigenvalue weighted by molar-refractivity contribution is 5.73. The molecule has 0 bridgehead atoms. The summed E-state index contributed by atoms with van der Waals surface area (Å²) < 4.78 is 27.2. The molecule has 13 nitrogen and oxygen atoms in total.